The van der Waals surface area contributed by atoms with E-state index in [0.29, 0.717) is 22.7 Å². The molecule has 138 valence electrons. The molecule has 3 rings (SSSR count). The number of nitrogens with zero attached hydrogens (tertiary/aromatic N) is 1. The molecule has 1 amide bonds. The molecule has 0 bridgehead atoms. The molecule has 0 spiro atoms. The van der Waals surface area contributed by atoms with E-state index in [2.05, 4.69) is 9.62 Å². The molecule has 1 saturated heterocycles. The summed E-state index contributed by atoms with van der Waals surface area (Å²) in [5.74, 6) is -0.626. The fourth-order valence-corrected chi connectivity index (χ4v) is 4.64. The van der Waals surface area contributed by atoms with Gasteiger partial charge >= 0.3 is 0 Å². The minimum Gasteiger partial charge on any atom is -0.299 e. The van der Waals surface area contributed by atoms with Crippen LogP contribution >= 0.6 is 11.6 Å². The third-order valence-corrected chi connectivity index (χ3v) is 6.47. The summed E-state index contributed by atoms with van der Waals surface area (Å²) in [6.45, 7) is 4.24. The number of carbonyl (C=O) groups is 1. The first-order valence-corrected chi connectivity index (χ1v) is 10.4. The second kappa shape index (κ2) is 7.78. The Morgan fingerprint density at radius 2 is 1.81 bits per heavy atom. The minimum absolute atomic E-state index is 0.00961. The van der Waals surface area contributed by atoms with Crippen LogP contribution in [-0.2, 0) is 16.6 Å². The van der Waals surface area contributed by atoms with Crippen LogP contribution in [0, 0.1) is 6.92 Å². The molecule has 0 saturated carbocycles. The topological polar surface area (TPSA) is 66.5 Å². The summed E-state index contributed by atoms with van der Waals surface area (Å²) >= 11 is 6.01. The Labute approximate surface area is 159 Å². The zero-order valence-corrected chi connectivity index (χ0v) is 16.1. The van der Waals surface area contributed by atoms with Crippen molar-refractivity contribution in [3.8, 4) is 0 Å². The molecule has 2 aromatic carbocycles. The molecular weight excluding hydrogens is 372 g/mol. The number of benzene rings is 2. The maximum Gasteiger partial charge on any atom is 0.265 e. The quantitative estimate of drug-likeness (QED) is 0.847. The lowest BCUT2D eigenvalue weighted by molar-refractivity contribution is 0.0979. The predicted octanol–water partition coefficient (Wildman–Crippen LogP) is 3.36. The first-order chi connectivity index (χ1) is 12.4. The third-order valence-electron chi connectivity index (χ3n) is 4.59. The van der Waals surface area contributed by atoms with Gasteiger partial charge in [-0.15, -0.1) is 0 Å². The second-order valence-corrected chi connectivity index (χ2v) is 8.50. The van der Waals surface area contributed by atoms with Crippen molar-refractivity contribution in [1.29, 1.82) is 0 Å². The van der Waals surface area contributed by atoms with E-state index in [1.165, 1.54) is 6.07 Å². The van der Waals surface area contributed by atoms with Gasteiger partial charge < -0.3 is 0 Å². The lowest BCUT2D eigenvalue weighted by Crippen LogP contribution is -2.32. The minimum atomic E-state index is -4.00. The van der Waals surface area contributed by atoms with Crippen molar-refractivity contribution in [1.82, 2.24) is 9.62 Å². The summed E-state index contributed by atoms with van der Waals surface area (Å²) in [7, 11) is -4.00. The molecule has 0 atom stereocenters. The molecule has 5 nitrogen and oxygen atoms in total. The molecule has 1 N–H and O–H groups in total. The van der Waals surface area contributed by atoms with Crippen molar-refractivity contribution in [3.05, 3.63) is 64.2 Å². The molecule has 1 aliphatic heterocycles. The molecule has 26 heavy (non-hydrogen) atoms. The number of hydrogen-bond donors (Lipinski definition) is 1. The van der Waals surface area contributed by atoms with Crippen LogP contribution < -0.4 is 4.72 Å². The second-order valence-electron chi connectivity index (χ2n) is 6.44. The third kappa shape index (κ3) is 4.09. The van der Waals surface area contributed by atoms with Gasteiger partial charge in [0.15, 0.2) is 0 Å². The number of rotatable bonds is 5. The molecule has 1 aliphatic rings. The molecule has 1 heterocycles. The largest absolute Gasteiger partial charge is 0.299 e. The van der Waals surface area contributed by atoms with Gasteiger partial charge in [-0.05, 0) is 62.2 Å². The van der Waals surface area contributed by atoms with Crippen LogP contribution in [-0.4, -0.2) is 32.3 Å². The van der Waals surface area contributed by atoms with Gasteiger partial charge in [-0.2, -0.15) is 0 Å². The highest BCUT2D eigenvalue weighted by atomic mass is 35.5. The highest BCUT2D eigenvalue weighted by molar-refractivity contribution is 7.90. The van der Waals surface area contributed by atoms with Crippen molar-refractivity contribution < 1.29 is 13.2 Å². The van der Waals surface area contributed by atoms with Crippen molar-refractivity contribution in [2.24, 2.45) is 0 Å². The van der Waals surface area contributed by atoms with Gasteiger partial charge in [0.25, 0.3) is 15.9 Å². The molecule has 7 heteroatoms. The molecular formula is C19H21ClN2O3S. The maximum atomic E-state index is 12.7. The summed E-state index contributed by atoms with van der Waals surface area (Å²) in [6, 6.07) is 11.7. The first-order valence-electron chi connectivity index (χ1n) is 8.51. The van der Waals surface area contributed by atoms with Crippen LogP contribution in [0.5, 0.6) is 0 Å². The van der Waals surface area contributed by atoms with Crippen LogP contribution in [0.4, 0.5) is 0 Å². The number of amides is 1. The average Bonchev–Trinajstić information content (AvgIpc) is 3.10. The van der Waals surface area contributed by atoms with E-state index in [-0.39, 0.29) is 4.90 Å². The van der Waals surface area contributed by atoms with Crippen LogP contribution in [0.3, 0.4) is 0 Å². The monoisotopic (exact) mass is 392 g/mol. The average molecular weight is 393 g/mol. The van der Waals surface area contributed by atoms with E-state index < -0.39 is 15.9 Å². The number of hydrogen-bond acceptors (Lipinski definition) is 4. The summed E-state index contributed by atoms with van der Waals surface area (Å²) in [4.78, 5) is 15.0. The lowest BCUT2D eigenvalue weighted by atomic mass is 10.1. The number of carbonyl (C=O) groups excluding carboxylic acids is 1. The Kier molecular flexibility index (Phi) is 5.65. The van der Waals surface area contributed by atoms with Gasteiger partial charge in [0.2, 0.25) is 0 Å². The normalized spacial score (nSPS) is 15.2. The van der Waals surface area contributed by atoms with E-state index in [9.17, 15) is 13.2 Å². The fourth-order valence-electron chi connectivity index (χ4n) is 3.17. The smallest absolute Gasteiger partial charge is 0.265 e. The lowest BCUT2D eigenvalue weighted by Gasteiger charge is -2.17. The van der Waals surface area contributed by atoms with Gasteiger partial charge in [-0.25, -0.2) is 13.1 Å². The van der Waals surface area contributed by atoms with Gasteiger partial charge in [0.1, 0.15) is 0 Å². The van der Waals surface area contributed by atoms with Crippen molar-refractivity contribution in [3.63, 3.8) is 0 Å². The summed E-state index contributed by atoms with van der Waals surface area (Å²) in [6.07, 6.45) is 2.30. The number of nitrogens with one attached hydrogen (secondary N) is 1. The van der Waals surface area contributed by atoms with E-state index in [1.54, 1.807) is 31.2 Å². The first kappa shape index (κ1) is 18.9. The zero-order chi connectivity index (χ0) is 18.7. The Hall–Kier alpha value is -1.89. The van der Waals surface area contributed by atoms with Gasteiger partial charge in [0.05, 0.1) is 4.90 Å². The van der Waals surface area contributed by atoms with Crippen molar-refractivity contribution in [2.45, 2.75) is 31.2 Å². The fraction of sp³-hybridized carbons (Fsp3) is 0.316. The zero-order valence-electron chi connectivity index (χ0n) is 14.5. The van der Waals surface area contributed by atoms with E-state index in [4.69, 9.17) is 11.6 Å². The molecule has 0 unspecified atom stereocenters. The van der Waals surface area contributed by atoms with Crippen LogP contribution in [0.15, 0.2) is 47.4 Å². The van der Waals surface area contributed by atoms with Crippen molar-refractivity contribution >= 4 is 27.5 Å². The Bertz CT molecular complexity index is 922. The predicted molar refractivity (Wildman–Crippen MR) is 102 cm³/mol. The van der Waals surface area contributed by atoms with Gasteiger partial charge in [-0.3, -0.25) is 9.69 Å². The summed E-state index contributed by atoms with van der Waals surface area (Å²) < 4.78 is 27.5. The van der Waals surface area contributed by atoms with Gasteiger partial charge in [-0.1, -0.05) is 35.9 Å². The van der Waals surface area contributed by atoms with Gasteiger partial charge in [0, 0.05) is 17.1 Å². The maximum absolute atomic E-state index is 12.7. The van der Waals surface area contributed by atoms with Crippen LogP contribution in [0.2, 0.25) is 5.02 Å². The molecule has 0 aromatic heterocycles. The number of sulfonamides is 1. The summed E-state index contributed by atoms with van der Waals surface area (Å²) in [5, 5.41) is 0.342. The van der Waals surface area contributed by atoms with E-state index >= 15 is 0 Å². The highest BCUT2D eigenvalue weighted by Gasteiger charge is 2.23. The highest BCUT2D eigenvalue weighted by Crippen LogP contribution is 2.23. The van der Waals surface area contributed by atoms with E-state index in [0.717, 1.165) is 31.5 Å². The molecule has 0 radical (unpaired) electrons. The molecule has 0 aliphatic carbocycles. The molecule has 1 fully saturated rings. The Morgan fingerprint density at radius 1 is 1.12 bits per heavy atom. The number of halogens is 1. The van der Waals surface area contributed by atoms with Crippen LogP contribution in [0.1, 0.15) is 34.3 Å². The SMILES string of the molecule is Cc1c(Cl)cccc1S(=O)(=O)NC(=O)c1ccccc1CN1CCCC1. The summed E-state index contributed by atoms with van der Waals surface area (Å²) in [5.41, 5.74) is 1.62. The number of likely N-dealkylation sites (tertiary alicyclic amines) is 1. The van der Waals surface area contributed by atoms with E-state index in [1.807, 2.05) is 12.1 Å². The Morgan fingerprint density at radius 3 is 2.54 bits per heavy atom. The van der Waals surface area contributed by atoms with Crippen molar-refractivity contribution in [2.75, 3.05) is 13.1 Å². The Balaban J connectivity index is 1.85. The standard InChI is InChI=1S/C19H21ClN2O3S/c1-14-17(20)9-6-10-18(14)26(24,25)21-19(23)16-8-3-2-7-15(16)13-22-11-4-5-12-22/h2-3,6-10H,4-5,11-13H2,1H3,(H,21,23). The van der Waals surface area contributed by atoms with Crippen LogP contribution in [0.25, 0.3) is 0 Å². The molecule has 2 aromatic rings.